The highest BCUT2D eigenvalue weighted by atomic mass is 15.0. The maximum atomic E-state index is 2.32. The van der Waals surface area contributed by atoms with Crippen LogP contribution in [-0.4, -0.2) is 17.8 Å². The Bertz CT molecular complexity index is 221. The van der Waals surface area contributed by atoms with Gasteiger partial charge in [-0.1, -0.05) is 27.7 Å². The molecule has 0 saturated carbocycles. The maximum Gasteiger partial charge on any atom is 0.168 e. The fraction of sp³-hybridized carbons (Fsp3) is 0.727. The predicted octanol–water partition coefficient (Wildman–Crippen LogP) is 2.53. The van der Waals surface area contributed by atoms with E-state index in [0.29, 0.717) is 11.8 Å². The molecule has 0 aromatic rings. The molecule has 0 radical (unpaired) electrons. The molecule has 1 nitrogen and oxygen atoms in total. The average Bonchev–Trinajstić information content (AvgIpc) is 2.31. The highest BCUT2D eigenvalue weighted by molar-refractivity contribution is 5.63. The Balaban J connectivity index is 2.82. The van der Waals surface area contributed by atoms with Crippen molar-refractivity contribution in [2.75, 3.05) is 7.05 Å². The summed E-state index contributed by atoms with van der Waals surface area (Å²) in [4.78, 5) is 0. The van der Waals surface area contributed by atoms with Gasteiger partial charge in [0.1, 0.15) is 7.05 Å². The molecular weight excluding hydrogens is 146 g/mol. The monoisotopic (exact) mass is 166 g/mol. The van der Waals surface area contributed by atoms with E-state index in [1.807, 2.05) is 0 Å². The number of allylic oxidation sites excluding steroid dienone is 1. The second kappa shape index (κ2) is 3.42. The smallest absolute Gasteiger partial charge is 0.168 e. The second-order valence-electron chi connectivity index (χ2n) is 4.37. The van der Waals surface area contributed by atoms with E-state index in [0.717, 1.165) is 5.92 Å². The van der Waals surface area contributed by atoms with Gasteiger partial charge >= 0.3 is 0 Å². The molecule has 0 N–H and O–H groups in total. The van der Waals surface area contributed by atoms with Crippen molar-refractivity contribution in [2.24, 2.45) is 17.8 Å². The molecule has 1 unspecified atom stereocenters. The minimum Gasteiger partial charge on any atom is -0.211 e. The van der Waals surface area contributed by atoms with E-state index >= 15 is 0 Å². The minimum absolute atomic E-state index is 0.662. The summed E-state index contributed by atoms with van der Waals surface area (Å²) in [7, 11) is 2.12. The normalized spacial score (nSPS) is 23.4. The molecule has 1 heteroatoms. The van der Waals surface area contributed by atoms with Crippen molar-refractivity contribution in [3.05, 3.63) is 11.8 Å². The Labute approximate surface area is 75.8 Å². The fourth-order valence-electron chi connectivity index (χ4n) is 1.79. The van der Waals surface area contributed by atoms with Crippen LogP contribution in [0.1, 0.15) is 27.7 Å². The summed E-state index contributed by atoms with van der Waals surface area (Å²) in [5.41, 5.74) is 1.58. The summed E-state index contributed by atoms with van der Waals surface area (Å²) in [6.45, 7) is 9.12. The Morgan fingerprint density at radius 3 is 2.17 bits per heavy atom. The number of hydrogen-bond donors (Lipinski definition) is 0. The third-order valence-corrected chi connectivity index (χ3v) is 2.52. The molecule has 0 aromatic heterocycles. The van der Waals surface area contributed by atoms with Gasteiger partial charge in [-0.3, -0.25) is 0 Å². The lowest BCUT2D eigenvalue weighted by molar-refractivity contribution is -0.415. The maximum absolute atomic E-state index is 2.32. The first-order valence-corrected chi connectivity index (χ1v) is 4.81. The molecule has 1 atom stereocenters. The number of hydrogen-bond acceptors (Lipinski definition) is 0. The van der Waals surface area contributed by atoms with Gasteiger partial charge in [-0.2, -0.15) is 0 Å². The van der Waals surface area contributed by atoms with Gasteiger partial charge in [0.15, 0.2) is 12.4 Å². The molecule has 0 aromatic carbocycles. The molecular formula is C11H20N+. The van der Waals surface area contributed by atoms with Crippen LogP contribution in [0.3, 0.4) is 0 Å². The van der Waals surface area contributed by atoms with Crippen LogP contribution in [0.5, 0.6) is 0 Å². The highest BCUT2D eigenvalue weighted by Crippen LogP contribution is 2.27. The summed E-state index contributed by atoms with van der Waals surface area (Å²) in [6.07, 6.45) is 4.59. The molecule has 0 aliphatic carbocycles. The number of rotatable bonds is 2. The van der Waals surface area contributed by atoms with Crippen molar-refractivity contribution < 1.29 is 4.58 Å². The molecule has 1 heterocycles. The van der Waals surface area contributed by atoms with E-state index in [4.69, 9.17) is 0 Å². The van der Waals surface area contributed by atoms with Gasteiger partial charge in [0, 0.05) is 5.57 Å². The van der Waals surface area contributed by atoms with Crippen LogP contribution in [0.4, 0.5) is 0 Å². The van der Waals surface area contributed by atoms with Crippen LogP contribution in [0.25, 0.3) is 0 Å². The van der Waals surface area contributed by atoms with Crippen molar-refractivity contribution in [1.82, 2.24) is 0 Å². The van der Waals surface area contributed by atoms with E-state index in [9.17, 15) is 0 Å². The molecule has 12 heavy (non-hydrogen) atoms. The Morgan fingerprint density at radius 2 is 1.83 bits per heavy atom. The molecule has 0 bridgehead atoms. The highest BCUT2D eigenvalue weighted by Gasteiger charge is 2.28. The van der Waals surface area contributed by atoms with Gasteiger partial charge in [-0.25, -0.2) is 4.58 Å². The topological polar surface area (TPSA) is 3.01 Å². The van der Waals surface area contributed by atoms with E-state index < -0.39 is 0 Å². The van der Waals surface area contributed by atoms with Crippen LogP contribution < -0.4 is 0 Å². The van der Waals surface area contributed by atoms with E-state index in [2.05, 4.69) is 51.7 Å². The standard InChI is InChI=1S/C11H20N/c1-8(2)10-6-12(5)7-11(10)9(3)4/h6-10H,1-5H3/q+1. The zero-order valence-electron chi connectivity index (χ0n) is 8.83. The molecule has 1 rings (SSSR count). The van der Waals surface area contributed by atoms with Crippen LogP contribution in [-0.2, 0) is 0 Å². The van der Waals surface area contributed by atoms with Gasteiger partial charge < -0.3 is 0 Å². The molecule has 0 saturated heterocycles. The molecule has 0 amide bonds. The number of nitrogens with zero attached hydrogens (tertiary/aromatic N) is 1. The summed E-state index contributed by atoms with van der Waals surface area (Å²) in [5.74, 6) is 2.07. The van der Waals surface area contributed by atoms with Gasteiger partial charge in [-0.15, -0.1) is 0 Å². The van der Waals surface area contributed by atoms with Gasteiger partial charge in [0.05, 0.1) is 5.92 Å². The molecule has 0 spiro atoms. The lowest BCUT2D eigenvalue weighted by atomic mass is 9.85. The molecule has 68 valence electrons. The van der Waals surface area contributed by atoms with Crippen molar-refractivity contribution in [2.45, 2.75) is 27.7 Å². The Kier molecular flexibility index (Phi) is 2.71. The Morgan fingerprint density at radius 1 is 1.25 bits per heavy atom. The lowest BCUT2D eigenvalue weighted by Crippen LogP contribution is -2.14. The van der Waals surface area contributed by atoms with Crippen molar-refractivity contribution in [3.8, 4) is 0 Å². The van der Waals surface area contributed by atoms with Crippen LogP contribution >= 0.6 is 0 Å². The van der Waals surface area contributed by atoms with Crippen LogP contribution in [0, 0.1) is 17.8 Å². The van der Waals surface area contributed by atoms with Crippen molar-refractivity contribution >= 4 is 6.21 Å². The Hall–Kier alpha value is -0.590. The third kappa shape index (κ3) is 1.77. The van der Waals surface area contributed by atoms with Gasteiger partial charge in [0.25, 0.3) is 0 Å². The zero-order valence-corrected chi connectivity index (χ0v) is 8.83. The van der Waals surface area contributed by atoms with Crippen molar-refractivity contribution in [1.29, 1.82) is 0 Å². The lowest BCUT2D eigenvalue weighted by Gasteiger charge is -2.15. The molecule has 0 fully saturated rings. The van der Waals surface area contributed by atoms with E-state index in [-0.39, 0.29) is 0 Å². The second-order valence-corrected chi connectivity index (χ2v) is 4.37. The van der Waals surface area contributed by atoms with Crippen LogP contribution in [0.15, 0.2) is 11.8 Å². The summed E-state index contributed by atoms with van der Waals surface area (Å²) in [5, 5.41) is 0. The van der Waals surface area contributed by atoms with Crippen molar-refractivity contribution in [3.63, 3.8) is 0 Å². The summed E-state index contributed by atoms with van der Waals surface area (Å²) >= 11 is 0. The third-order valence-electron chi connectivity index (χ3n) is 2.52. The molecule has 1 aliphatic heterocycles. The first-order chi connectivity index (χ1) is 5.52. The minimum atomic E-state index is 0.662. The van der Waals surface area contributed by atoms with Crippen LogP contribution in [0.2, 0.25) is 0 Å². The SMILES string of the molecule is CC(C)C1=C[N+](C)=CC1C(C)C. The van der Waals surface area contributed by atoms with E-state index in [1.165, 1.54) is 0 Å². The zero-order chi connectivity index (χ0) is 9.30. The summed E-state index contributed by atoms with van der Waals surface area (Å²) in [6, 6.07) is 0. The summed E-state index contributed by atoms with van der Waals surface area (Å²) < 4.78 is 2.19. The fourth-order valence-corrected chi connectivity index (χ4v) is 1.79. The first kappa shape index (κ1) is 9.50. The predicted molar refractivity (Wildman–Crippen MR) is 53.5 cm³/mol. The average molecular weight is 166 g/mol. The van der Waals surface area contributed by atoms with E-state index in [1.54, 1.807) is 5.57 Å². The largest absolute Gasteiger partial charge is 0.211 e. The molecule has 1 aliphatic rings. The van der Waals surface area contributed by atoms with Gasteiger partial charge in [0.2, 0.25) is 0 Å². The quantitative estimate of drug-likeness (QED) is 0.555. The first-order valence-electron chi connectivity index (χ1n) is 4.81. The van der Waals surface area contributed by atoms with Gasteiger partial charge in [-0.05, 0) is 11.8 Å².